The van der Waals surface area contributed by atoms with Gasteiger partial charge in [-0.1, -0.05) is 110 Å². The number of allylic oxidation sites excluding steroid dienone is 1. The van der Waals surface area contributed by atoms with Crippen LogP contribution in [0.1, 0.15) is 108 Å². The molecule has 1 nitrogen and oxygen atoms in total. The number of rotatable bonds is 9. The quantitative estimate of drug-likeness (QED) is 0.342. The van der Waals surface area contributed by atoms with Crippen LogP contribution < -0.4 is 0 Å². The lowest BCUT2D eigenvalue weighted by Gasteiger charge is -2.43. The zero-order chi connectivity index (χ0) is 26.7. The van der Waals surface area contributed by atoms with E-state index in [0.29, 0.717) is 17.3 Å². The van der Waals surface area contributed by atoms with Gasteiger partial charge < -0.3 is 5.41 Å². The number of hydrogen-bond donors (Lipinski definition) is 1. The van der Waals surface area contributed by atoms with E-state index in [2.05, 4.69) is 104 Å². The summed E-state index contributed by atoms with van der Waals surface area (Å²) in [4.78, 5) is 0. The molecular weight excluding hydrogens is 434 g/mol. The molecule has 0 aromatic heterocycles. The first-order chi connectivity index (χ1) is 16.8. The predicted octanol–water partition coefficient (Wildman–Crippen LogP) is 9.88. The van der Waals surface area contributed by atoms with E-state index in [0.717, 1.165) is 37.8 Å². The standard InChI is InChI=1S/C35H51N/c1-10-29(20-24(2)3)33-25(4)22-35(9,23-32(33)36)31-13-11-12-30(26(31)5)21-28-16-14-27(15-17-28)18-19-34(6,7)8/h11-17,24,29,33,36H,4,10,18-23H2,1-3,5-9H3. The van der Waals surface area contributed by atoms with Crippen molar-refractivity contribution in [2.45, 2.75) is 106 Å². The minimum Gasteiger partial charge on any atom is -0.309 e. The zero-order valence-corrected chi connectivity index (χ0v) is 24.4. The molecule has 1 fully saturated rings. The van der Waals surface area contributed by atoms with E-state index in [1.165, 1.54) is 46.2 Å². The van der Waals surface area contributed by atoms with Gasteiger partial charge in [-0.25, -0.2) is 0 Å². The second-order valence-electron chi connectivity index (χ2n) is 13.5. The number of benzene rings is 2. The van der Waals surface area contributed by atoms with Gasteiger partial charge in [-0.2, -0.15) is 0 Å². The third kappa shape index (κ3) is 6.99. The average Bonchev–Trinajstić information content (AvgIpc) is 2.77. The highest BCUT2D eigenvalue weighted by atomic mass is 14.5. The molecular formula is C35H51N. The second-order valence-corrected chi connectivity index (χ2v) is 13.5. The molecule has 0 radical (unpaired) electrons. The van der Waals surface area contributed by atoms with Gasteiger partial charge in [-0.05, 0) is 90.5 Å². The Morgan fingerprint density at radius 1 is 1.03 bits per heavy atom. The molecule has 3 rings (SSSR count). The molecule has 36 heavy (non-hydrogen) atoms. The summed E-state index contributed by atoms with van der Waals surface area (Å²) in [5.74, 6) is 1.47. The summed E-state index contributed by atoms with van der Waals surface area (Å²) in [6.45, 7) is 23.0. The predicted molar refractivity (Wildman–Crippen MR) is 158 cm³/mol. The molecule has 0 aliphatic heterocycles. The minimum atomic E-state index is -0.0440. The number of nitrogens with one attached hydrogen (secondary N) is 1. The van der Waals surface area contributed by atoms with Crippen molar-refractivity contribution < 1.29 is 0 Å². The van der Waals surface area contributed by atoms with Gasteiger partial charge >= 0.3 is 0 Å². The largest absolute Gasteiger partial charge is 0.309 e. The minimum absolute atomic E-state index is 0.0440. The van der Waals surface area contributed by atoms with Gasteiger partial charge in [0.05, 0.1) is 0 Å². The van der Waals surface area contributed by atoms with Crippen molar-refractivity contribution in [1.82, 2.24) is 0 Å². The first-order valence-corrected chi connectivity index (χ1v) is 14.2. The van der Waals surface area contributed by atoms with Crippen molar-refractivity contribution in [3.05, 3.63) is 82.4 Å². The molecule has 0 amide bonds. The van der Waals surface area contributed by atoms with Gasteiger partial charge in [0.25, 0.3) is 0 Å². The maximum absolute atomic E-state index is 9.09. The Morgan fingerprint density at radius 2 is 1.67 bits per heavy atom. The van der Waals surface area contributed by atoms with Gasteiger partial charge in [-0.3, -0.25) is 0 Å². The third-order valence-corrected chi connectivity index (χ3v) is 8.46. The fourth-order valence-corrected chi connectivity index (χ4v) is 6.49. The van der Waals surface area contributed by atoms with E-state index in [1.807, 2.05) is 0 Å². The summed E-state index contributed by atoms with van der Waals surface area (Å²) in [6.07, 6.45) is 7.46. The van der Waals surface area contributed by atoms with Crippen molar-refractivity contribution in [3.8, 4) is 0 Å². The number of aryl methyl sites for hydroxylation is 1. The van der Waals surface area contributed by atoms with E-state index in [9.17, 15) is 0 Å². The molecule has 0 bridgehead atoms. The molecule has 1 saturated carbocycles. The Bertz CT molecular complexity index is 1030. The van der Waals surface area contributed by atoms with Crippen molar-refractivity contribution in [1.29, 1.82) is 5.41 Å². The molecule has 0 spiro atoms. The lowest BCUT2D eigenvalue weighted by Crippen LogP contribution is -2.40. The van der Waals surface area contributed by atoms with Crippen LogP contribution >= 0.6 is 0 Å². The maximum atomic E-state index is 9.09. The van der Waals surface area contributed by atoms with E-state index >= 15 is 0 Å². The zero-order valence-electron chi connectivity index (χ0n) is 24.4. The van der Waals surface area contributed by atoms with Crippen molar-refractivity contribution in [3.63, 3.8) is 0 Å². The monoisotopic (exact) mass is 485 g/mol. The molecule has 2 aromatic rings. The Kier molecular flexibility index (Phi) is 9.07. The summed E-state index contributed by atoms with van der Waals surface area (Å²) >= 11 is 0. The fourth-order valence-electron chi connectivity index (χ4n) is 6.49. The van der Waals surface area contributed by atoms with E-state index in [1.54, 1.807) is 0 Å². The van der Waals surface area contributed by atoms with Gasteiger partial charge in [0.15, 0.2) is 0 Å². The molecule has 2 aromatic carbocycles. The van der Waals surface area contributed by atoms with Crippen LogP contribution in [-0.4, -0.2) is 5.71 Å². The molecule has 0 saturated heterocycles. The van der Waals surface area contributed by atoms with E-state index in [4.69, 9.17) is 5.41 Å². The van der Waals surface area contributed by atoms with Crippen LogP contribution in [0.5, 0.6) is 0 Å². The maximum Gasteiger partial charge on any atom is 0.0201 e. The molecule has 1 heteroatoms. The van der Waals surface area contributed by atoms with Gasteiger partial charge in [0.2, 0.25) is 0 Å². The van der Waals surface area contributed by atoms with Crippen LogP contribution in [0.25, 0.3) is 0 Å². The molecule has 1 aliphatic rings. The van der Waals surface area contributed by atoms with Gasteiger partial charge in [0.1, 0.15) is 0 Å². The molecule has 0 heterocycles. The van der Waals surface area contributed by atoms with Crippen LogP contribution in [0.3, 0.4) is 0 Å². The first-order valence-electron chi connectivity index (χ1n) is 14.2. The number of hydrogen-bond acceptors (Lipinski definition) is 1. The second kappa shape index (κ2) is 11.5. The molecule has 196 valence electrons. The highest BCUT2D eigenvalue weighted by Crippen LogP contribution is 2.47. The molecule has 1 N–H and O–H groups in total. The van der Waals surface area contributed by atoms with Gasteiger partial charge in [-0.15, -0.1) is 0 Å². The van der Waals surface area contributed by atoms with Gasteiger partial charge in [0, 0.05) is 17.0 Å². The Hall–Kier alpha value is -2.15. The highest BCUT2D eigenvalue weighted by molar-refractivity contribution is 5.89. The van der Waals surface area contributed by atoms with Crippen LogP contribution in [0, 0.1) is 35.5 Å². The summed E-state index contributed by atoms with van der Waals surface area (Å²) in [5.41, 5.74) is 9.52. The normalized spacial score (nSPS) is 21.8. The Morgan fingerprint density at radius 3 is 2.22 bits per heavy atom. The van der Waals surface area contributed by atoms with E-state index < -0.39 is 0 Å². The van der Waals surface area contributed by atoms with E-state index in [-0.39, 0.29) is 11.3 Å². The smallest absolute Gasteiger partial charge is 0.0201 e. The van der Waals surface area contributed by atoms with Crippen molar-refractivity contribution in [2.75, 3.05) is 0 Å². The van der Waals surface area contributed by atoms with Crippen LogP contribution in [0.15, 0.2) is 54.6 Å². The average molecular weight is 486 g/mol. The van der Waals surface area contributed by atoms with Crippen LogP contribution in [0.4, 0.5) is 0 Å². The Labute approximate surface area is 222 Å². The van der Waals surface area contributed by atoms with Crippen molar-refractivity contribution >= 4 is 5.71 Å². The van der Waals surface area contributed by atoms with Crippen LogP contribution in [0.2, 0.25) is 0 Å². The lowest BCUT2D eigenvalue weighted by atomic mass is 9.61. The highest BCUT2D eigenvalue weighted by Gasteiger charge is 2.41. The topological polar surface area (TPSA) is 23.9 Å². The lowest BCUT2D eigenvalue weighted by molar-refractivity contribution is 0.317. The van der Waals surface area contributed by atoms with Crippen LogP contribution in [-0.2, 0) is 18.3 Å². The molecule has 1 aliphatic carbocycles. The summed E-state index contributed by atoms with van der Waals surface area (Å²) < 4.78 is 0. The molecule has 3 unspecified atom stereocenters. The Balaban J connectivity index is 1.78. The summed E-state index contributed by atoms with van der Waals surface area (Å²) in [5, 5.41) is 9.09. The van der Waals surface area contributed by atoms with Crippen molar-refractivity contribution in [2.24, 2.45) is 23.2 Å². The summed E-state index contributed by atoms with van der Waals surface area (Å²) in [7, 11) is 0. The molecule has 3 atom stereocenters. The third-order valence-electron chi connectivity index (χ3n) is 8.46. The first kappa shape index (κ1) is 28.4. The fraction of sp³-hybridized carbons (Fsp3) is 0.571. The summed E-state index contributed by atoms with van der Waals surface area (Å²) in [6, 6.07) is 16.1. The SMILES string of the molecule is C=C1CC(C)(c2cccc(Cc3ccc(CCC(C)(C)C)cc3)c2C)CC(=N)C1C(CC)CC(C)C.